The Hall–Kier alpha value is -0.890. The minimum atomic E-state index is -0.400. The van der Waals surface area contributed by atoms with E-state index in [0.717, 1.165) is 22.7 Å². The van der Waals surface area contributed by atoms with Gasteiger partial charge in [-0.1, -0.05) is 41.1 Å². The molecule has 0 spiro atoms. The second-order valence-electron chi connectivity index (χ2n) is 3.63. The molecule has 0 unspecified atom stereocenters. The van der Waals surface area contributed by atoms with Crippen LogP contribution in [0.1, 0.15) is 25.3 Å². The van der Waals surface area contributed by atoms with Gasteiger partial charge in [-0.05, 0) is 30.5 Å². The molecule has 0 bridgehead atoms. The molecule has 0 fully saturated rings. The summed E-state index contributed by atoms with van der Waals surface area (Å²) in [6.07, 6.45) is 4.33. The second-order valence-corrected chi connectivity index (χ2v) is 4.54. The molecule has 0 saturated carbocycles. The van der Waals surface area contributed by atoms with Gasteiger partial charge in [-0.3, -0.25) is 0 Å². The molecule has 80 valence electrons. The van der Waals surface area contributed by atoms with Gasteiger partial charge in [0.2, 0.25) is 0 Å². The minimum Gasteiger partial charge on any atom is -0.302 e. The maximum atomic E-state index is 11.3. The molecule has 1 nitrogen and oxygen atoms in total. The topological polar surface area (TPSA) is 17.1 Å². The van der Waals surface area contributed by atoms with E-state index < -0.39 is 5.41 Å². The molecule has 1 atom stereocenters. The fourth-order valence-electron chi connectivity index (χ4n) is 1.71. The molecule has 0 aliphatic rings. The largest absolute Gasteiger partial charge is 0.302 e. The van der Waals surface area contributed by atoms with Gasteiger partial charge in [0.1, 0.15) is 6.29 Å². The van der Waals surface area contributed by atoms with Crippen molar-refractivity contribution in [3.05, 3.63) is 47.0 Å². The van der Waals surface area contributed by atoms with Gasteiger partial charge in [0.05, 0.1) is 5.41 Å². The van der Waals surface area contributed by atoms with Crippen molar-refractivity contribution in [1.29, 1.82) is 0 Å². The molecule has 0 saturated heterocycles. The van der Waals surface area contributed by atoms with Crippen LogP contribution in [-0.4, -0.2) is 6.29 Å². The minimum absolute atomic E-state index is 0.400. The number of hydrogen-bond donors (Lipinski definition) is 0. The van der Waals surface area contributed by atoms with Crippen LogP contribution in [0.25, 0.3) is 0 Å². The number of allylic oxidation sites excluding steroid dienone is 1. The Balaban J connectivity index is 3.13. The Kier molecular flexibility index (Phi) is 4.28. The molecule has 0 aromatic heterocycles. The van der Waals surface area contributed by atoms with Gasteiger partial charge in [-0.15, -0.1) is 6.58 Å². The number of rotatable bonds is 5. The van der Waals surface area contributed by atoms with Crippen LogP contribution in [0.3, 0.4) is 0 Å². The summed E-state index contributed by atoms with van der Waals surface area (Å²) in [7, 11) is 0. The summed E-state index contributed by atoms with van der Waals surface area (Å²) in [6.45, 7) is 5.74. The van der Waals surface area contributed by atoms with E-state index in [1.54, 1.807) is 6.08 Å². The maximum Gasteiger partial charge on any atom is 0.130 e. The first-order chi connectivity index (χ1) is 7.18. The van der Waals surface area contributed by atoms with E-state index in [1.807, 2.05) is 31.2 Å². The van der Waals surface area contributed by atoms with Crippen molar-refractivity contribution in [2.75, 3.05) is 0 Å². The van der Waals surface area contributed by atoms with Crippen LogP contribution in [-0.2, 0) is 10.2 Å². The number of carbonyl (C=O) groups is 1. The molecule has 0 aliphatic carbocycles. The standard InChI is InChI=1S/C13H15BrO/c1-3-9-13(4-2,10-15)11-5-7-12(14)8-6-11/h3,5-8,10H,1,4,9H2,2H3/t13-/m0/s1. The Morgan fingerprint density at radius 2 is 2.00 bits per heavy atom. The van der Waals surface area contributed by atoms with E-state index in [9.17, 15) is 4.79 Å². The molecular weight excluding hydrogens is 252 g/mol. The first kappa shape index (κ1) is 12.2. The molecule has 15 heavy (non-hydrogen) atoms. The van der Waals surface area contributed by atoms with E-state index in [2.05, 4.69) is 22.5 Å². The molecule has 1 rings (SSSR count). The summed E-state index contributed by atoms with van der Waals surface area (Å²) in [5, 5.41) is 0. The van der Waals surface area contributed by atoms with Gasteiger partial charge >= 0.3 is 0 Å². The fourth-order valence-corrected chi connectivity index (χ4v) is 1.97. The normalized spacial score (nSPS) is 14.3. The highest BCUT2D eigenvalue weighted by Gasteiger charge is 2.28. The first-order valence-electron chi connectivity index (χ1n) is 5.02. The molecule has 0 amide bonds. The van der Waals surface area contributed by atoms with E-state index >= 15 is 0 Å². The van der Waals surface area contributed by atoms with Crippen LogP contribution in [0.5, 0.6) is 0 Å². The van der Waals surface area contributed by atoms with Crippen molar-refractivity contribution in [2.45, 2.75) is 25.2 Å². The van der Waals surface area contributed by atoms with E-state index in [4.69, 9.17) is 0 Å². The van der Waals surface area contributed by atoms with Crippen molar-refractivity contribution in [3.8, 4) is 0 Å². The lowest BCUT2D eigenvalue weighted by Gasteiger charge is -2.25. The zero-order valence-electron chi connectivity index (χ0n) is 8.87. The molecule has 0 aliphatic heterocycles. The van der Waals surface area contributed by atoms with Crippen molar-refractivity contribution >= 4 is 22.2 Å². The van der Waals surface area contributed by atoms with Gasteiger partial charge in [-0.25, -0.2) is 0 Å². The molecule has 0 N–H and O–H groups in total. The molecule has 0 heterocycles. The lowest BCUT2D eigenvalue weighted by atomic mass is 9.77. The zero-order chi connectivity index (χ0) is 11.3. The van der Waals surface area contributed by atoms with Crippen LogP contribution in [0, 0.1) is 0 Å². The third-order valence-corrected chi connectivity index (χ3v) is 3.31. The number of hydrogen-bond acceptors (Lipinski definition) is 1. The fraction of sp³-hybridized carbons (Fsp3) is 0.308. The zero-order valence-corrected chi connectivity index (χ0v) is 10.5. The smallest absolute Gasteiger partial charge is 0.130 e. The molecular formula is C13H15BrO. The average Bonchev–Trinajstić information content (AvgIpc) is 2.27. The van der Waals surface area contributed by atoms with Crippen molar-refractivity contribution in [2.24, 2.45) is 0 Å². The molecule has 0 radical (unpaired) electrons. The molecule has 1 aromatic carbocycles. The number of carbonyl (C=O) groups excluding carboxylic acids is 1. The predicted molar refractivity (Wildman–Crippen MR) is 67.0 cm³/mol. The van der Waals surface area contributed by atoms with Gasteiger partial charge < -0.3 is 4.79 Å². The van der Waals surface area contributed by atoms with Crippen LogP contribution in [0.4, 0.5) is 0 Å². The van der Waals surface area contributed by atoms with E-state index in [1.165, 1.54) is 0 Å². The highest BCUT2D eigenvalue weighted by Crippen LogP contribution is 2.30. The van der Waals surface area contributed by atoms with Crippen molar-refractivity contribution < 1.29 is 4.79 Å². The monoisotopic (exact) mass is 266 g/mol. The third kappa shape index (κ3) is 2.57. The third-order valence-electron chi connectivity index (χ3n) is 2.78. The van der Waals surface area contributed by atoms with Crippen molar-refractivity contribution in [1.82, 2.24) is 0 Å². The lowest BCUT2D eigenvalue weighted by molar-refractivity contribution is -0.112. The number of aldehydes is 1. The first-order valence-corrected chi connectivity index (χ1v) is 5.81. The van der Waals surface area contributed by atoms with Gasteiger partial charge in [0, 0.05) is 4.47 Å². The SMILES string of the molecule is C=CC[C@](C=O)(CC)c1ccc(Br)cc1. The Morgan fingerprint density at radius 1 is 1.40 bits per heavy atom. The van der Waals surface area contributed by atoms with Gasteiger partial charge in [0.15, 0.2) is 0 Å². The Bertz CT molecular complexity index is 342. The van der Waals surface area contributed by atoms with Crippen LogP contribution in [0.2, 0.25) is 0 Å². The van der Waals surface area contributed by atoms with Crippen LogP contribution >= 0.6 is 15.9 Å². The summed E-state index contributed by atoms with van der Waals surface area (Å²) in [4.78, 5) is 11.3. The summed E-state index contributed by atoms with van der Waals surface area (Å²) in [5.74, 6) is 0. The van der Waals surface area contributed by atoms with Crippen molar-refractivity contribution in [3.63, 3.8) is 0 Å². The highest BCUT2D eigenvalue weighted by molar-refractivity contribution is 9.10. The predicted octanol–water partition coefficient (Wildman–Crippen LogP) is 3.87. The van der Waals surface area contributed by atoms with Crippen LogP contribution < -0.4 is 0 Å². The maximum absolute atomic E-state index is 11.3. The van der Waals surface area contributed by atoms with Gasteiger partial charge in [-0.2, -0.15) is 0 Å². The number of benzene rings is 1. The number of halogens is 1. The Labute approximate surface area is 99.3 Å². The van der Waals surface area contributed by atoms with Gasteiger partial charge in [0.25, 0.3) is 0 Å². The van der Waals surface area contributed by atoms with E-state index in [0.29, 0.717) is 6.42 Å². The lowest BCUT2D eigenvalue weighted by Crippen LogP contribution is -2.26. The molecule has 1 aromatic rings. The van der Waals surface area contributed by atoms with Crippen LogP contribution in [0.15, 0.2) is 41.4 Å². The summed E-state index contributed by atoms with van der Waals surface area (Å²) in [5.41, 5.74) is 0.658. The summed E-state index contributed by atoms with van der Waals surface area (Å²) >= 11 is 3.39. The van der Waals surface area contributed by atoms with E-state index in [-0.39, 0.29) is 0 Å². The summed E-state index contributed by atoms with van der Waals surface area (Å²) in [6, 6.07) is 7.91. The Morgan fingerprint density at radius 3 is 2.40 bits per heavy atom. The summed E-state index contributed by atoms with van der Waals surface area (Å²) < 4.78 is 1.03. The molecule has 2 heteroatoms. The second kappa shape index (κ2) is 5.26. The quantitative estimate of drug-likeness (QED) is 0.584. The highest BCUT2D eigenvalue weighted by atomic mass is 79.9. The average molecular weight is 267 g/mol.